The fourth-order valence-corrected chi connectivity index (χ4v) is 3.67. The number of sulfonamides is 1. The van der Waals surface area contributed by atoms with Crippen molar-refractivity contribution >= 4 is 33.2 Å². The first-order valence-electron chi connectivity index (χ1n) is 7.54. The van der Waals surface area contributed by atoms with Crippen LogP contribution in [0.2, 0.25) is 5.02 Å². The van der Waals surface area contributed by atoms with Gasteiger partial charge in [-0.2, -0.15) is 0 Å². The van der Waals surface area contributed by atoms with Gasteiger partial charge < -0.3 is 10.1 Å². The molecule has 8 heteroatoms. The second-order valence-electron chi connectivity index (χ2n) is 5.14. The van der Waals surface area contributed by atoms with Crippen LogP contribution in [0.5, 0.6) is 0 Å². The van der Waals surface area contributed by atoms with Crippen molar-refractivity contribution in [3.8, 4) is 0 Å². The van der Waals surface area contributed by atoms with Crippen molar-refractivity contribution in [3.05, 3.63) is 59.6 Å². The Kier molecular flexibility index (Phi) is 6.81. The van der Waals surface area contributed by atoms with Crippen molar-refractivity contribution in [3.63, 3.8) is 0 Å². The van der Waals surface area contributed by atoms with Gasteiger partial charge in [0.25, 0.3) is 10.0 Å². The molecule has 0 atom stereocenters. The first-order valence-corrected chi connectivity index (χ1v) is 9.36. The SMILES string of the molecule is COCCNC(=O)CN(c1ccccc1)S(=O)(=O)c1ccc(Cl)cc1. The van der Waals surface area contributed by atoms with Crippen LogP contribution in [-0.4, -0.2) is 41.1 Å². The summed E-state index contributed by atoms with van der Waals surface area (Å²) in [6.07, 6.45) is 0. The van der Waals surface area contributed by atoms with E-state index in [1.807, 2.05) is 0 Å². The summed E-state index contributed by atoms with van der Waals surface area (Å²) in [5.74, 6) is -0.418. The summed E-state index contributed by atoms with van der Waals surface area (Å²) in [5.41, 5.74) is 0.402. The van der Waals surface area contributed by atoms with Crippen LogP contribution in [0.4, 0.5) is 5.69 Å². The first kappa shape index (κ1) is 19.2. The van der Waals surface area contributed by atoms with E-state index in [9.17, 15) is 13.2 Å². The average Bonchev–Trinajstić information content (AvgIpc) is 2.61. The van der Waals surface area contributed by atoms with Gasteiger partial charge in [-0.15, -0.1) is 0 Å². The number of para-hydroxylation sites is 1. The minimum atomic E-state index is -3.91. The number of benzene rings is 2. The molecule has 0 saturated carbocycles. The fraction of sp³-hybridized carbons (Fsp3) is 0.235. The number of nitrogens with zero attached hydrogens (tertiary/aromatic N) is 1. The van der Waals surface area contributed by atoms with E-state index >= 15 is 0 Å². The van der Waals surface area contributed by atoms with Crippen molar-refractivity contribution < 1.29 is 17.9 Å². The Balaban J connectivity index is 2.31. The topological polar surface area (TPSA) is 75.7 Å². The Morgan fingerprint density at radius 3 is 2.36 bits per heavy atom. The van der Waals surface area contributed by atoms with E-state index in [2.05, 4.69) is 5.32 Å². The highest BCUT2D eigenvalue weighted by atomic mass is 35.5. The summed E-state index contributed by atoms with van der Waals surface area (Å²) in [4.78, 5) is 12.2. The molecule has 6 nitrogen and oxygen atoms in total. The van der Waals surface area contributed by atoms with E-state index in [0.29, 0.717) is 23.9 Å². The fourth-order valence-electron chi connectivity index (χ4n) is 2.12. The summed E-state index contributed by atoms with van der Waals surface area (Å²) >= 11 is 5.83. The largest absolute Gasteiger partial charge is 0.383 e. The third-order valence-electron chi connectivity index (χ3n) is 3.36. The van der Waals surface area contributed by atoms with Gasteiger partial charge in [0.15, 0.2) is 0 Å². The van der Waals surface area contributed by atoms with Crippen LogP contribution in [0, 0.1) is 0 Å². The molecule has 0 spiro atoms. The van der Waals surface area contributed by atoms with Gasteiger partial charge in [0.05, 0.1) is 17.2 Å². The number of ether oxygens (including phenoxy) is 1. The Morgan fingerprint density at radius 2 is 1.76 bits per heavy atom. The van der Waals surface area contributed by atoms with Crippen LogP contribution in [0.15, 0.2) is 59.5 Å². The van der Waals surface area contributed by atoms with Crippen LogP contribution in [0.3, 0.4) is 0 Å². The van der Waals surface area contributed by atoms with Crippen LogP contribution < -0.4 is 9.62 Å². The third kappa shape index (κ3) is 5.19. The molecule has 25 heavy (non-hydrogen) atoms. The summed E-state index contributed by atoms with van der Waals surface area (Å²) < 4.78 is 31.9. The summed E-state index contributed by atoms with van der Waals surface area (Å²) in [5, 5.41) is 3.06. The second-order valence-corrected chi connectivity index (χ2v) is 7.44. The normalized spacial score (nSPS) is 11.1. The van der Waals surface area contributed by atoms with Gasteiger partial charge in [-0.25, -0.2) is 8.42 Å². The zero-order chi connectivity index (χ0) is 18.3. The van der Waals surface area contributed by atoms with E-state index < -0.39 is 15.9 Å². The summed E-state index contributed by atoms with van der Waals surface area (Å²) in [6.45, 7) is 0.318. The lowest BCUT2D eigenvalue weighted by molar-refractivity contribution is -0.119. The standard InChI is InChI=1S/C17H19ClN2O4S/c1-24-12-11-19-17(21)13-20(15-5-3-2-4-6-15)25(22,23)16-9-7-14(18)8-10-16/h2-10H,11-13H2,1H3,(H,19,21). The van der Waals surface area contributed by atoms with Gasteiger partial charge in [-0.1, -0.05) is 29.8 Å². The van der Waals surface area contributed by atoms with Gasteiger partial charge >= 0.3 is 0 Å². The summed E-state index contributed by atoms with van der Waals surface area (Å²) in [7, 11) is -2.39. The molecule has 0 unspecified atom stereocenters. The van der Waals surface area contributed by atoms with Crippen molar-refractivity contribution in [2.24, 2.45) is 0 Å². The lowest BCUT2D eigenvalue weighted by atomic mass is 10.3. The van der Waals surface area contributed by atoms with Crippen LogP contribution in [-0.2, 0) is 19.6 Å². The molecule has 1 N–H and O–H groups in total. The molecule has 1 amide bonds. The average molecular weight is 383 g/mol. The van der Waals surface area contributed by atoms with Crippen LogP contribution in [0.1, 0.15) is 0 Å². The molecule has 2 aromatic carbocycles. The van der Waals surface area contributed by atoms with Crippen LogP contribution in [0.25, 0.3) is 0 Å². The number of hydrogen-bond donors (Lipinski definition) is 1. The highest BCUT2D eigenvalue weighted by molar-refractivity contribution is 7.92. The number of anilines is 1. The smallest absolute Gasteiger partial charge is 0.264 e. The quantitative estimate of drug-likeness (QED) is 0.711. The van der Waals surface area contributed by atoms with Crippen molar-refractivity contribution in [1.82, 2.24) is 5.32 Å². The maximum Gasteiger partial charge on any atom is 0.264 e. The molecule has 0 heterocycles. The minimum Gasteiger partial charge on any atom is -0.383 e. The Morgan fingerprint density at radius 1 is 1.12 bits per heavy atom. The number of carbonyl (C=O) groups excluding carboxylic acids is 1. The molecule has 0 aromatic heterocycles. The van der Waals surface area contributed by atoms with E-state index in [4.69, 9.17) is 16.3 Å². The van der Waals surface area contributed by atoms with Crippen LogP contribution >= 0.6 is 11.6 Å². The third-order valence-corrected chi connectivity index (χ3v) is 5.40. The van der Waals surface area contributed by atoms with Crippen molar-refractivity contribution in [1.29, 1.82) is 0 Å². The van der Waals surface area contributed by atoms with E-state index in [1.165, 1.54) is 31.4 Å². The Labute approximate surface area is 152 Å². The molecule has 0 aliphatic heterocycles. The molecule has 0 saturated heterocycles. The Hall–Kier alpha value is -2.09. The van der Waals surface area contributed by atoms with Gasteiger partial charge in [-0.05, 0) is 36.4 Å². The maximum absolute atomic E-state index is 13.0. The highest BCUT2D eigenvalue weighted by Gasteiger charge is 2.26. The second kappa shape index (κ2) is 8.84. The number of rotatable bonds is 8. The number of halogens is 1. The monoisotopic (exact) mass is 382 g/mol. The summed E-state index contributed by atoms with van der Waals surface area (Å²) in [6, 6.07) is 14.3. The van der Waals surface area contributed by atoms with E-state index in [0.717, 1.165) is 4.31 Å². The zero-order valence-corrected chi connectivity index (χ0v) is 15.3. The molecular weight excluding hydrogens is 364 g/mol. The molecule has 0 bridgehead atoms. The molecule has 0 fully saturated rings. The molecule has 0 aliphatic carbocycles. The van der Waals surface area contributed by atoms with Gasteiger partial charge in [0, 0.05) is 18.7 Å². The number of hydrogen-bond acceptors (Lipinski definition) is 4. The molecule has 2 aromatic rings. The van der Waals surface area contributed by atoms with Gasteiger partial charge in [-0.3, -0.25) is 9.10 Å². The van der Waals surface area contributed by atoms with E-state index in [1.54, 1.807) is 30.3 Å². The predicted molar refractivity (Wildman–Crippen MR) is 97.3 cm³/mol. The van der Waals surface area contributed by atoms with Crippen molar-refractivity contribution in [2.45, 2.75) is 4.90 Å². The Bertz CT molecular complexity index is 795. The van der Waals surface area contributed by atoms with Gasteiger partial charge in [0.2, 0.25) is 5.91 Å². The zero-order valence-electron chi connectivity index (χ0n) is 13.7. The molecule has 0 radical (unpaired) electrons. The highest BCUT2D eigenvalue weighted by Crippen LogP contribution is 2.24. The van der Waals surface area contributed by atoms with E-state index in [-0.39, 0.29) is 11.4 Å². The number of carbonyl (C=O) groups is 1. The minimum absolute atomic E-state index is 0.0606. The number of amides is 1. The predicted octanol–water partition coefficient (Wildman–Crippen LogP) is 2.30. The first-order chi connectivity index (χ1) is 11.9. The van der Waals surface area contributed by atoms with Gasteiger partial charge in [0.1, 0.15) is 6.54 Å². The maximum atomic E-state index is 13.0. The molecule has 134 valence electrons. The molecule has 0 aliphatic rings. The lowest BCUT2D eigenvalue weighted by Crippen LogP contribution is -2.41. The number of nitrogens with one attached hydrogen (secondary N) is 1. The number of methoxy groups -OCH3 is 1. The molecular formula is C17H19ClN2O4S. The molecule has 2 rings (SSSR count). The lowest BCUT2D eigenvalue weighted by Gasteiger charge is -2.24. The van der Waals surface area contributed by atoms with Crippen molar-refractivity contribution in [2.75, 3.05) is 31.1 Å².